The number of fused-ring (bicyclic) bond motifs is 1. The zero-order valence-electron chi connectivity index (χ0n) is 16.1. The molecule has 10 heteroatoms. The summed E-state index contributed by atoms with van der Waals surface area (Å²) in [7, 11) is 0. The summed E-state index contributed by atoms with van der Waals surface area (Å²) in [6, 6.07) is 8.22. The third-order valence-electron chi connectivity index (χ3n) is 4.18. The summed E-state index contributed by atoms with van der Waals surface area (Å²) >= 11 is 0. The number of carbonyl (C=O) groups is 3. The van der Waals surface area contributed by atoms with Crippen molar-refractivity contribution >= 4 is 34.3 Å². The fourth-order valence-corrected chi connectivity index (χ4v) is 2.73. The minimum atomic E-state index is -1.07. The van der Waals surface area contributed by atoms with Gasteiger partial charge in [-0.15, -0.1) is 0 Å². The highest BCUT2D eigenvalue weighted by atomic mass is 16.2. The van der Waals surface area contributed by atoms with E-state index < -0.39 is 17.9 Å². The summed E-state index contributed by atoms with van der Waals surface area (Å²) in [6.45, 7) is 0.982. The predicted octanol–water partition coefficient (Wildman–Crippen LogP) is -1.25. The summed E-state index contributed by atoms with van der Waals surface area (Å²) < 4.78 is 0. The Labute approximate surface area is 168 Å². The molecule has 1 heterocycles. The third-order valence-corrected chi connectivity index (χ3v) is 4.18. The number of anilines is 1. The molecule has 0 aliphatic heterocycles. The lowest BCUT2D eigenvalue weighted by atomic mass is 10.2. The first-order chi connectivity index (χ1) is 13.9. The smallest absolute Gasteiger partial charge is 0.243 e. The van der Waals surface area contributed by atoms with Crippen LogP contribution in [-0.4, -0.2) is 66.4 Å². The van der Waals surface area contributed by atoms with Gasteiger partial charge in [0.1, 0.15) is 0 Å². The van der Waals surface area contributed by atoms with Crippen LogP contribution >= 0.6 is 0 Å². The first kappa shape index (κ1) is 22.2. The van der Waals surface area contributed by atoms with Gasteiger partial charge in [-0.25, -0.2) is 0 Å². The molecule has 0 radical (unpaired) electrons. The van der Waals surface area contributed by atoms with E-state index >= 15 is 0 Å². The maximum Gasteiger partial charge on any atom is 0.243 e. The standard InChI is InChI=1S/C19H27N7O3/c20-5-7-26(8-6-21)18(28)10-15(22)19(29)24-12-17(27)25-14-9-13-3-1-2-4-16(13)23-11-14/h1-4,9,11,15H,5-8,10,12,20-22H2,(H,24,29)(H,25,27). The lowest BCUT2D eigenvalue weighted by Gasteiger charge is -2.22. The van der Waals surface area contributed by atoms with Gasteiger partial charge in [-0.2, -0.15) is 0 Å². The summed E-state index contributed by atoms with van der Waals surface area (Å²) in [5.74, 6) is -1.33. The first-order valence-corrected chi connectivity index (χ1v) is 9.30. The fourth-order valence-electron chi connectivity index (χ4n) is 2.73. The molecule has 0 aliphatic rings. The summed E-state index contributed by atoms with van der Waals surface area (Å²) in [5, 5.41) is 5.98. The molecular formula is C19H27N7O3. The molecule has 0 fully saturated rings. The zero-order valence-corrected chi connectivity index (χ0v) is 16.1. The van der Waals surface area contributed by atoms with Crippen LogP contribution in [0.5, 0.6) is 0 Å². The highest BCUT2D eigenvalue weighted by Crippen LogP contribution is 2.15. The molecule has 156 valence electrons. The second-order valence-corrected chi connectivity index (χ2v) is 6.45. The van der Waals surface area contributed by atoms with Crippen LogP contribution in [0.4, 0.5) is 5.69 Å². The van der Waals surface area contributed by atoms with Gasteiger partial charge in [0.15, 0.2) is 0 Å². The molecule has 0 aliphatic carbocycles. The molecular weight excluding hydrogens is 374 g/mol. The van der Waals surface area contributed by atoms with E-state index in [1.165, 1.54) is 11.1 Å². The molecule has 1 aromatic heterocycles. The molecule has 3 amide bonds. The Balaban J connectivity index is 1.82. The molecule has 0 spiro atoms. The number of hydrogen-bond donors (Lipinski definition) is 5. The monoisotopic (exact) mass is 401 g/mol. The molecule has 1 unspecified atom stereocenters. The van der Waals surface area contributed by atoms with Crippen molar-refractivity contribution in [3.05, 3.63) is 36.5 Å². The maximum atomic E-state index is 12.2. The number of carbonyl (C=O) groups excluding carboxylic acids is 3. The van der Waals surface area contributed by atoms with Gasteiger partial charge in [0.05, 0.1) is 36.4 Å². The van der Waals surface area contributed by atoms with Crippen molar-refractivity contribution in [3.8, 4) is 0 Å². The van der Waals surface area contributed by atoms with Gasteiger partial charge >= 0.3 is 0 Å². The van der Waals surface area contributed by atoms with Gasteiger partial charge in [0.2, 0.25) is 17.7 Å². The predicted molar refractivity (Wildman–Crippen MR) is 111 cm³/mol. The Bertz CT molecular complexity index is 853. The number of hydrogen-bond acceptors (Lipinski definition) is 7. The summed E-state index contributed by atoms with van der Waals surface area (Å²) in [4.78, 5) is 42.1. The molecule has 1 atom stereocenters. The number of aromatic nitrogens is 1. The molecule has 0 bridgehead atoms. The van der Waals surface area contributed by atoms with E-state index in [1.54, 1.807) is 6.07 Å². The number of pyridine rings is 1. The second kappa shape index (κ2) is 11.1. The van der Waals surface area contributed by atoms with Crippen LogP contribution in [0.25, 0.3) is 10.9 Å². The zero-order chi connectivity index (χ0) is 21.2. The van der Waals surface area contributed by atoms with Gasteiger partial charge in [-0.3, -0.25) is 19.4 Å². The number of rotatable bonds is 10. The minimum absolute atomic E-state index is 0.192. The van der Waals surface area contributed by atoms with E-state index in [0.29, 0.717) is 18.8 Å². The molecule has 0 saturated carbocycles. The van der Waals surface area contributed by atoms with Gasteiger partial charge in [0.25, 0.3) is 0 Å². The fraction of sp³-hybridized carbons (Fsp3) is 0.368. The van der Waals surface area contributed by atoms with Crippen LogP contribution in [0.15, 0.2) is 36.5 Å². The normalized spacial score (nSPS) is 11.7. The van der Waals surface area contributed by atoms with Crippen LogP contribution in [0.1, 0.15) is 6.42 Å². The first-order valence-electron chi connectivity index (χ1n) is 9.30. The summed E-state index contributed by atoms with van der Waals surface area (Å²) in [5.41, 5.74) is 18.1. The van der Waals surface area contributed by atoms with E-state index in [0.717, 1.165) is 10.9 Å². The molecule has 8 N–H and O–H groups in total. The summed E-state index contributed by atoms with van der Waals surface area (Å²) in [6.07, 6.45) is 1.35. The van der Waals surface area contributed by atoms with Crippen molar-refractivity contribution < 1.29 is 14.4 Å². The van der Waals surface area contributed by atoms with E-state index in [4.69, 9.17) is 17.2 Å². The SMILES string of the molecule is NCCN(CCN)C(=O)CC(N)C(=O)NCC(=O)Nc1cnc2ccccc2c1. The van der Waals surface area contributed by atoms with Crippen LogP contribution in [0.2, 0.25) is 0 Å². The second-order valence-electron chi connectivity index (χ2n) is 6.45. The Kier molecular flexibility index (Phi) is 8.46. The average Bonchev–Trinajstić information content (AvgIpc) is 2.71. The number of nitrogens with zero attached hydrogens (tertiary/aromatic N) is 2. The third kappa shape index (κ3) is 6.79. The lowest BCUT2D eigenvalue weighted by Crippen LogP contribution is -2.47. The molecule has 29 heavy (non-hydrogen) atoms. The molecule has 0 saturated heterocycles. The van der Waals surface area contributed by atoms with Gasteiger partial charge < -0.3 is 32.7 Å². The van der Waals surface area contributed by atoms with Crippen LogP contribution in [-0.2, 0) is 14.4 Å². The Morgan fingerprint density at radius 3 is 2.48 bits per heavy atom. The van der Waals surface area contributed by atoms with Crippen molar-refractivity contribution in [2.75, 3.05) is 38.0 Å². The van der Waals surface area contributed by atoms with Gasteiger partial charge in [0, 0.05) is 31.6 Å². The molecule has 2 rings (SSSR count). The highest BCUT2D eigenvalue weighted by Gasteiger charge is 2.21. The quantitative estimate of drug-likeness (QED) is 0.331. The van der Waals surface area contributed by atoms with E-state index in [1.807, 2.05) is 24.3 Å². The van der Waals surface area contributed by atoms with Gasteiger partial charge in [-0.1, -0.05) is 18.2 Å². The molecule has 10 nitrogen and oxygen atoms in total. The Hall–Kier alpha value is -3.08. The molecule has 1 aromatic carbocycles. The van der Waals surface area contributed by atoms with Crippen molar-refractivity contribution in [1.29, 1.82) is 0 Å². The average molecular weight is 401 g/mol. The van der Waals surface area contributed by atoms with Gasteiger partial charge in [-0.05, 0) is 12.1 Å². The number of para-hydroxylation sites is 1. The van der Waals surface area contributed by atoms with E-state index in [2.05, 4.69) is 15.6 Å². The number of benzene rings is 1. The number of nitrogens with one attached hydrogen (secondary N) is 2. The van der Waals surface area contributed by atoms with Crippen molar-refractivity contribution in [3.63, 3.8) is 0 Å². The highest BCUT2D eigenvalue weighted by molar-refractivity contribution is 5.97. The van der Waals surface area contributed by atoms with Crippen LogP contribution < -0.4 is 27.8 Å². The number of amides is 3. The maximum absolute atomic E-state index is 12.2. The van der Waals surface area contributed by atoms with Crippen molar-refractivity contribution in [1.82, 2.24) is 15.2 Å². The van der Waals surface area contributed by atoms with Crippen LogP contribution in [0, 0.1) is 0 Å². The van der Waals surface area contributed by atoms with Crippen LogP contribution in [0.3, 0.4) is 0 Å². The number of nitrogens with two attached hydrogens (primary N) is 3. The van der Waals surface area contributed by atoms with E-state index in [-0.39, 0.29) is 32.0 Å². The van der Waals surface area contributed by atoms with Crippen molar-refractivity contribution in [2.45, 2.75) is 12.5 Å². The lowest BCUT2D eigenvalue weighted by molar-refractivity contribution is -0.134. The Morgan fingerprint density at radius 1 is 1.10 bits per heavy atom. The van der Waals surface area contributed by atoms with Crippen molar-refractivity contribution in [2.24, 2.45) is 17.2 Å². The largest absolute Gasteiger partial charge is 0.346 e. The van der Waals surface area contributed by atoms with E-state index in [9.17, 15) is 14.4 Å². The minimum Gasteiger partial charge on any atom is -0.346 e. The topological polar surface area (TPSA) is 169 Å². The molecule has 2 aromatic rings. The Morgan fingerprint density at radius 2 is 1.79 bits per heavy atom.